The highest BCUT2D eigenvalue weighted by Crippen LogP contribution is 2.24. The van der Waals surface area contributed by atoms with Crippen molar-refractivity contribution in [1.82, 2.24) is 24.7 Å². The summed E-state index contributed by atoms with van der Waals surface area (Å²) >= 11 is 1.56. The lowest BCUT2D eigenvalue weighted by Crippen LogP contribution is -2.03. The lowest BCUT2D eigenvalue weighted by Gasteiger charge is -2.08. The fourth-order valence-corrected chi connectivity index (χ4v) is 2.98. The smallest absolute Gasteiger partial charge is 0.177 e. The maximum atomic E-state index is 5.39. The van der Waals surface area contributed by atoms with Gasteiger partial charge in [-0.3, -0.25) is 0 Å². The van der Waals surface area contributed by atoms with E-state index in [0.29, 0.717) is 6.54 Å². The van der Waals surface area contributed by atoms with Gasteiger partial charge < -0.3 is 9.72 Å². The van der Waals surface area contributed by atoms with E-state index in [9.17, 15) is 0 Å². The van der Waals surface area contributed by atoms with Crippen molar-refractivity contribution in [3.05, 3.63) is 47.6 Å². The Morgan fingerprint density at radius 2 is 2.23 bits per heavy atom. The molecule has 1 N–H and O–H groups in total. The number of imidazole rings is 1. The highest BCUT2D eigenvalue weighted by molar-refractivity contribution is 7.13. The SMILES string of the molecule is COc1ccccc1Cn1ncc2[nH]c(-c3nccs3)nc21. The van der Waals surface area contributed by atoms with Gasteiger partial charge in [0.15, 0.2) is 16.5 Å². The second kappa shape index (κ2) is 5.27. The summed E-state index contributed by atoms with van der Waals surface area (Å²) in [6, 6.07) is 7.92. The number of rotatable bonds is 4. The van der Waals surface area contributed by atoms with Crippen molar-refractivity contribution < 1.29 is 4.74 Å². The molecule has 0 atom stereocenters. The van der Waals surface area contributed by atoms with Crippen LogP contribution >= 0.6 is 11.3 Å². The minimum absolute atomic E-state index is 0.607. The van der Waals surface area contributed by atoms with Crippen molar-refractivity contribution in [3.63, 3.8) is 0 Å². The minimum atomic E-state index is 0.607. The number of hydrogen-bond acceptors (Lipinski definition) is 5. The van der Waals surface area contributed by atoms with E-state index in [-0.39, 0.29) is 0 Å². The van der Waals surface area contributed by atoms with Gasteiger partial charge in [0.25, 0.3) is 0 Å². The highest BCUT2D eigenvalue weighted by Gasteiger charge is 2.13. The van der Waals surface area contributed by atoms with Crippen LogP contribution in [0.4, 0.5) is 0 Å². The Kier molecular flexibility index (Phi) is 3.12. The molecule has 0 radical (unpaired) electrons. The van der Waals surface area contributed by atoms with E-state index < -0.39 is 0 Å². The van der Waals surface area contributed by atoms with Crippen LogP contribution < -0.4 is 4.74 Å². The average molecular weight is 311 g/mol. The molecule has 3 aromatic heterocycles. The largest absolute Gasteiger partial charge is 0.496 e. The zero-order valence-electron chi connectivity index (χ0n) is 11.9. The lowest BCUT2D eigenvalue weighted by molar-refractivity contribution is 0.407. The van der Waals surface area contributed by atoms with Gasteiger partial charge in [0, 0.05) is 17.1 Å². The van der Waals surface area contributed by atoms with Gasteiger partial charge in [-0.2, -0.15) is 5.10 Å². The number of fused-ring (bicyclic) bond motifs is 1. The molecule has 0 amide bonds. The van der Waals surface area contributed by atoms with Gasteiger partial charge in [-0.15, -0.1) is 11.3 Å². The normalized spacial score (nSPS) is 11.1. The molecular weight excluding hydrogens is 298 g/mol. The van der Waals surface area contributed by atoms with Crippen LogP contribution in [0.3, 0.4) is 0 Å². The number of methoxy groups -OCH3 is 1. The molecule has 0 fully saturated rings. The molecule has 0 saturated carbocycles. The van der Waals surface area contributed by atoms with Gasteiger partial charge in [0.1, 0.15) is 11.3 Å². The number of nitrogens with zero attached hydrogens (tertiary/aromatic N) is 4. The number of H-pyrrole nitrogens is 1. The van der Waals surface area contributed by atoms with Crippen molar-refractivity contribution in [3.8, 4) is 16.6 Å². The van der Waals surface area contributed by atoms with Crippen molar-refractivity contribution >= 4 is 22.5 Å². The summed E-state index contributed by atoms with van der Waals surface area (Å²) in [7, 11) is 1.67. The van der Waals surface area contributed by atoms with Crippen molar-refractivity contribution in [1.29, 1.82) is 0 Å². The summed E-state index contributed by atoms with van der Waals surface area (Å²) in [5.74, 6) is 1.62. The molecule has 7 heteroatoms. The first-order valence-electron chi connectivity index (χ1n) is 6.78. The third kappa shape index (κ3) is 2.15. The lowest BCUT2D eigenvalue weighted by atomic mass is 10.2. The average Bonchev–Trinajstić information content (AvgIpc) is 3.25. The highest BCUT2D eigenvalue weighted by atomic mass is 32.1. The zero-order valence-corrected chi connectivity index (χ0v) is 12.7. The molecule has 4 aromatic rings. The predicted molar refractivity (Wildman–Crippen MR) is 85.1 cm³/mol. The summed E-state index contributed by atoms with van der Waals surface area (Å²) in [5, 5.41) is 7.21. The Morgan fingerprint density at radius 3 is 3.05 bits per heavy atom. The van der Waals surface area contributed by atoms with Gasteiger partial charge in [-0.05, 0) is 6.07 Å². The Labute approximate surface area is 130 Å². The van der Waals surface area contributed by atoms with Crippen LogP contribution in [0.1, 0.15) is 5.56 Å². The molecule has 0 unspecified atom stereocenters. The molecule has 0 aliphatic heterocycles. The third-order valence-electron chi connectivity index (χ3n) is 3.43. The van der Waals surface area contributed by atoms with Crippen LogP contribution in [0.25, 0.3) is 22.0 Å². The summed E-state index contributed by atoms with van der Waals surface area (Å²) in [5.41, 5.74) is 2.78. The fraction of sp³-hybridized carbons (Fsp3) is 0.133. The summed E-state index contributed by atoms with van der Waals surface area (Å²) in [4.78, 5) is 12.2. The van der Waals surface area contributed by atoms with E-state index in [1.807, 2.05) is 34.3 Å². The Hall–Kier alpha value is -2.67. The standard InChI is InChI=1S/C15H13N5OS/c1-21-12-5-3-2-4-10(12)9-20-14-11(8-17-20)18-13(19-14)15-16-6-7-22-15/h2-8H,9H2,1H3,(H,18,19). The van der Waals surface area contributed by atoms with Crippen LogP contribution in [0.5, 0.6) is 5.75 Å². The zero-order chi connectivity index (χ0) is 14.9. The molecule has 6 nitrogen and oxygen atoms in total. The van der Waals surface area contributed by atoms with Gasteiger partial charge in [-0.1, -0.05) is 18.2 Å². The van der Waals surface area contributed by atoms with Gasteiger partial charge >= 0.3 is 0 Å². The Bertz CT molecular complexity index is 909. The van der Waals surface area contributed by atoms with Crippen LogP contribution in [-0.4, -0.2) is 31.8 Å². The van der Waals surface area contributed by atoms with Crippen LogP contribution in [0.15, 0.2) is 42.0 Å². The van der Waals surface area contributed by atoms with Gasteiger partial charge in [-0.25, -0.2) is 14.6 Å². The summed E-state index contributed by atoms with van der Waals surface area (Å²) in [6.45, 7) is 0.607. The molecule has 4 rings (SSSR count). The van der Waals surface area contributed by atoms with Crippen LogP contribution in [0.2, 0.25) is 0 Å². The monoisotopic (exact) mass is 311 g/mol. The molecule has 22 heavy (non-hydrogen) atoms. The first kappa shape index (κ1) is 13.0. The molecule has 0 aliphatic rings. The first-order chi connectivity index (χ1) is 10.8. The Balaban J connectivity index is 1.73. The molecule has 110 valence electrons. The fourth-order valence-electron chi connectivity index (χ4n) is 2.40. The number of nitrogens with one attached hydrogen (secondary N) is 1. The first-order valence-corrected chi connectivity index (χ1v) is 7.66. The van der Waals surface area contributed by atoms with Crippen LogP contribution in [0, 0.1) is 0 Å². The van der Waals surface area contributed by atoms with Gasteiger partial charge in [0.2, 0.25) is 0 Å². The van der Waals surface area contributed by atoms with E-state index in [2.05, 4.69) is 20.1 Å². The van der Waals surface area contributed by atoms with Crippen molar-refractivity contribution in [2.75, 3.05) is 7.11 Å². The molecule has 0 spiro atoms. The number of para-hydroxylation sites is 1. The molecule has 0 saturated heterocycles. The van der Waals surface area contributed by atoms with E-state index in [1.54, 1.807) is 30.8 Å². The van der Waals surface area contributed by atoms with E-state index >= 15 is 0 Å². The maximum Gasteiger partial charge on any atom is 0.177 e. The topological polar surface area (TPSA) is 68.6 Å². The predicted octanol–water partition coefficient (Wildman–Crippen LogP) is 2.94. The molecule has 1 aromatic carbocycles. The number of hydrogen-bond donors (Lipinski definition) is 1. The van der Waals surface area contributed by atoms with Crippen molar-refractivity contribution in [2.45, 2.75) is 6.54 Å². The summed E-state index contributed by atoms with van der Waals surface area (Å²) < 4.78 is 7.25. The maximum absolute atomic E-state index is 5.39. The number of thiazole rings is 1. The number of ether oxygens (including phenoxy) is 1. The van der Waals surface area contributed by atoms with Crippen molar-refractivity contribution in [2.24, 2.45) is 0 Å². The molecular formula is C15H13N5OS. The second-order valence-electron chi connectivity index (χ2n) is 4.77. The number of aromatic nitrogens is 5. The van der Waals surface area contributed by atoms with E-state index in [0.717, 1.165) is 33.3 Å². The van der Waals surface area contributed by atoms with E-state index in [1.165, 1.54) is 0 Å². The summed E-state index contributed by atoms with van der Waals surface area (Å²) in [6.07, 6.45) is 3.56. The molecule has 0 aliphatic carbocycles. The van der Waals surface area contributed by atoms with Crippen LogP contribution in [-0.2, 0) is 6.54 Å². The Morgan fingerprint density at radius 1 is 1.32 bits per heavy atom. The van der Waals surface area contributed by atoms with E-state index in [4.69, 9.17) is 4.74 Å². The van der Waals surface area contributed by atoms with Gasteiger partial charge in [0.05, 0.1) is 19.9 Å². The quantitative estimate of drug-likeness (QED) is 0.629. The third-order valence-corrected chi connectivity index (χ3v) is 4.21. The number of benzene rings is 1. The number of aromatic amines is 1. The molecule has 0 bridgehead atoms. The molecule has 3 heterocycles. The second-order valence-corrected chi connectivity index (χ2v) is 5.67. The minimum Gasteiger partial charge on any atom is -0.496 e.